The Bertz CT molecular complexity index is 1150. The van der Waals surface area contributed by atoms with E-state index in [1.165, 1.54) is 24.3 Å². The van der Waals surface area contributed by atoms with Crippen LogP contribution in [0.1, 0.15) is 13.3 Å². The fourth-order valence-electron chi connectivity index (χ4n) is 2.64. The first-order chi connectivity index (χ1) is 14.4. The summed E-state index contributed by atoms with van der Waals surface area (Å²) >= 11 is 5.92. The highest BCUT2D eigenvalue weighted by Gasteiger charge is 2.15. The van der Waals surface area contributed by atoms with Gasteiger partial charge in [0.1, 0.15) is 18.0 Å². The maximum Gasteiger partial charge on any atom is 0.291 e. The van der Waals surface area contributed by atoms with Crippen LogP contribution in [0.15, 0.2) is 59.4 Å². The average molecular weight is 429 g/mol. The van der Waals surface area contributed by atoms with Crippen molar-refractivity contribution in [2.45, 2.75) is 19.9 Å². The van der Waals surface area contributed by atoms with E-state index in [0.717, 1.165) is 10.7 Å². The molecule has 9 heteroatoms. The molecule has 2 amide bonds. The monoisotopic (exact) mass is 428 g/mol. The van der Waals surface area contributed by atoms with Crippen LogP contribution in [-0.4, -0.2) is 21.6 Å². The summed E-state index contributed by atoms with van der Waals surface area (Å²) in [6.07, 6.45) is 0.179. The van der Waals surface area contributed by atoms with E-state index in [1.807, 2.05) is 0 Å². The Labute approximate surface area is 176 Å². The second kappa shape index (κ2) is 9.32. The van der Waals surface area contributed by atoms with E-state index in [9.17, 15) is 18.8 Å². The van der Waals surface area contributed by atoms with Crippen molar-refractivity contribution in [3.63, 3.8) is 0 Å². The van der Waals surface area contributed by atoms with Gasteiger partial charge in [-0.3, -0.25) is 14.4 Å². The van der Waals surface area contributed by atoms with Crippen LogP contribution >= 0.6 is 11.6 Å². The first kappa shape index (κ1) is 21.2. The minimum Gasteiger partial charge on any atom is -0.324 e. The summed E-state index contributed by atoms with van der Waals surface area (Å²) in [5.41, 5.74) is 0.632. The Balaban J connectivity index is 1.95. The third-order valence-electron chi connectivity index (χ3n) is 4.11. The molecule has 2 N–H and O–H groups in total. The number of carbonyl (C=O) groups is 2. The third-order valence-corrected chi connectivity index (χ3v) is 4.36. The number of aromatic nitrogens is 2. The van der Waals surface area contributed by atoms with Gasteiger partial charge in [0.05, 0.1) is 5.69 Å². The summed E-state index contributed by atoms with van der Waals surface area (Å²) in [6, 6.07) is 13.6. The number of benzene rings is 2. The van der Waals surface area contributed by atoms with E-state index in [1.54, 1.807) is 31.2 Å². The van der Waals surface area contributed by atoms with Crippen LogP contribution in [0.25, 0.3) is 11.3 Å². The van der Waals surface area contributed by atoms with Crippen LogP contribution in [0.5, 0.6) is 0 Å². The number of nitrogens with one attached hydrogen (secondary N) is 2. The molecule has 3 rings (SSSR count). The topological polar surface area (TPSA) is 93.1 Å². The van der Waals surface area contributed by atoms with Gasteiger partial charge >= 0.3 is 0 Å². The van der Waals surface area contributed by atoms with Gasteiger partial charge in [0, 0.05) is 22.7 Å². The van der Waals surface area contributed by atoms with Crippen LogP contribution in [0.3, 0.4) is 0 Å². The fourth-order valence-corrected chi connectivity index (χ4v) is 2.77. The van der Waals surface area contributed by atoms with E-state index in [0.29, 0.717) is 16.3 Å². The fraction of sp³-hybridized carbons (Fsp3) is 0.143. The first-order valence-electron chi connectivity index (χ1n) is 9.09. The highest BCUT2D eigenvalue weighted by molar-refractivity contribution is 6.30. The lowest BCUT2D eigenvalue weighted by molar-refractivity contribution is -0.117. The van der Waals surface area contributed by atoms with Crippen molar-refractivity contribution in [3.05, 3.63) is 75.8 Å². The average Bonchev–Trinajstić information content (AvgIpc) is 2.71. The molecule has 0 saturated carbocycles. The standard InChI is InChI=1S/C21H18ClFN4O3/c1-2-19(28)25-18-11-17(13-6-8-14(22)9-7-13)26-27(21(18)30)12-20(29)24-16-5-3-4-15(23)10-16/h3-11H,2,12H2,1H3,(H,24,29)(H,25,28). The lowest BCUT2D eigenvalue weighted by Crippen LogP contribution is -2.32. The molecule has 0 fully saturated rings. The van der Waals surface area contributed by atoms with Crippen molar-refractivity contribution in [2.75, 3.05) is 10.6 Å². The maximum atomic E-state index is 13.3. The largest absolute Gasteiger partial charge is 0.324 e. The number of hydrogen-bond acceptors (Lipinski definition) is 4. The molecule has 154 valence electrons. The normalized spacial score (nSPS) is 10.5. The molecule has 2 aromatic carbocycles. The summed E-state index contributed by atoms with van der Waals surface area (Å²) in [7, 11) is 0. The van der Waals surface area contributed by atoms with Crippen molar-refractivity contribution in [1.29, 1.82) is 0 Å². The van der Waals surface area contributed by atoms with Crippen molar-refractivity contribution in [3.8, 4) is 11.3 Å². The molecule has 0 aliphatic carbocycles. The van der Waals surface area contributed by atoms with Gasteiger partial charge in [-0.25, -0.2) is 9.07 Å². The molecule has 7 nitrogen and oxygen atoms in total. The second-order valence-corrected chi connectivity index (χ2v) is 6.81. The summed E-state index contributed by atoms with van der Waals surface area (Å²) in [5, 5.41) is 9.81. The quantitative estimate of drug-likeness (QED) is 0.626. The lowest BCUT2D eigenvalue weighted by atomic mass is 10.1. The predicted octanol–water partition coefficient (Wildman–Crippen LogP) is 3.69. The summed E-state index contributed by atoms with van der Waals surface area (Å²) < 4.78 is 14.3. The van der Waals surface area contributed by atoms with Crippen LogP contribution < -0.4 is 16.2 Å². The molecule has 0 unspecified atom stereocenters. The molecule has 1 aromatic heterocycles. The Morgan fingerprint density at radius 1 is 1.07 bits per heavy atom. The third kappa shape index (κ3) is 5.30. The van der Waals surface area contributed by atoms with Crippen LogP contribution in [0.4, 0.5) is 15.8 Å². The Morgan fingerprint density at radius 2 is 1.80 bits per heavy atom. The molecule has 0 saturated heterocycles. The van der Waals surface area contributed by atoms with Crippen LogP contribution in [0, 0.1) is 5.82 Å². The second-order valence-electron chi connectivity index (χ2n) is 6.37. The molecule has 3 aromatic rings. The zero-order chi connectivity index (χ0) is 21.7. The highest BCUT2D eigenvalue weighted by Crippen LogP contribution is 2.21. The van der Waals surface area contributed by atoms with Gasteiger partial charge in [-0.1, -0.05) is 36.7 Å². The number of nitrogens with zero attached hydrogens (tertiary/aromatic N) is 2. The number of carbonyl (C=O) groups excluding carboxylic acids is 2. The zero-order valence-electron chi connectivity index (χ0n) is 16.0. The minimum atomic E-state index is -0.635. The van der Waals surface area contributed by atoms with Crippen LogP contribution in [0.2, 0.25) is 5.02 Å². The first-order valence-corrected chi connectivity index (χ1v) is 9.47. The van der Waals surface area contributed by atoms with Crippen molar-refractivity contribution >= 4 is 34.8 Å². The lowest BCUT2D eigenvalue weighted by Gasteiger charge is -2.12. The van der Waals surface area contributed by atoms with E-state index in [2.05, 4.69) is 15.7 Å². The number of rotatable bonds is 6. The SMILES string of the molecule is CCC(=O)Nc1cc(-c2ccc(Cl)cc2)nn(CC(=O)Nc2cccc(F)c2)c1=O. The predicted molar refractivity (Wildman–Crippen MR) is 113 cm³/mol. The van der Waals surface area contributed by atoms with Gasteiger partial charge in [-0.05, 0) is 36.4 Å². The van der Waals surface area contributed by atoms with Gasteiger partial charge in [0.2, 0.25) is 11.8 Å². The van der Waals surface area contributed by atoms with Gasteiger partial charge < -0.3 is 10.6 Å². The van der Waals surface area contributed by atoms with Crippen molar-refractivity contribution in [2.24, 2.45) is 0 Å². The molecule has 1 heterocycles. The molecule has 0 aliphatic heterocycles. The molecular weight excluding hydrogens is 411 g/mol. The van der Waals surface area contributed by atoms with Gasteiger partial charge in [0.15, 0.2) is 0 Å². The summed E-state index contributed by atoms with van der Waals surface area (Å²) in [6.45, 7) is 1.23. The molecule has 30 heavy (non-hydrogen) atoms. The van der Waals surface area contributed by atoms with Gasteiger partial charge in [-0.15, -0.1) is 0 Å². The summed E-state index contributed by atoms with van der Waals surface area (Å²) in [5.74, 6) is -1.43. The maximum absolute atomic E-state index is 13.3. The molecule has 0 spiro atoms. The van der Waals surface area contributed by atoms with Gasteiger partial charge in [-0.2, -0.15) is 5.10 Å². The summed E-state index contributed by atoms with van der Waals surface area (Å²) in [4.78, 5) is 36.9. The number of halogens is 2. The molecule has 0 bridgehead atoms. The van der Waals surface area contributed by atoms with Crippen molar-refractivity contribution in [1.82, 2.24) is 9.78 Å². The van der Waals surface area contributed by atoms with E-state index < -0.39 is 23.8 Å². The zero-order valence-corrected chi connectivity index (χ0v) is 16.7. The van der Waals surface area contributed by atoms with Crippen LogP contribution in [-0.2, 0) is 16.1 Å². The molecule has 0 aliphatic rings. The Hall–Kier alpha value is -3.52. The molecule has 0 radical (unpaired) electrons. The highest BCUT2D eigenvalue weighted by atomic mass is 35.5. The Kier molecular flexibility index (Phi) is 6.58. The van der Waals surface area contributed by atoms with E-state index >= 15 is 0 Å². The number of amides is 2. The smallest absolute Gasteiger partial charge is 0.291 e. The molecular formula is C21H18ClFN4O3. The molecule has 0 atom stereocenters. The number of anilines is 2. The minimum absolute atomic E-state index is 0.000329. The van der Waals surface area contributed by atoms with Gasteiger partial charge in [0.25, 0.3) is 5.56 Å². The van der Waals surface area contributed by atoms with Crippen molar-refractivity contribution < 1.29 is 14.0 Å². The Morgan fingerprint density at radius 3 is 2.47 bits per heavy atom. The van der Waals surface area contributed by atoms with E-state index in [4.69, 9.17) is 11.6 Å². The number of hydrogen-bond donors (Lipinski definition) is 2. The van der Waals surface area contributed by atoms with E-state index in [-0.39, 0.29) is 23.7 Å².